The minimum Gasteiger partial charge on any atom is -0.343 e. The van der Waals surface area contributed by atoms with Crippen molar-refractivity contribution in [1.82, 2.24) is 10.2 Å². The first-order valence-corrected chi connectivity index (χ1v) is 9.53. The second-order valence-corrected chi connectivity index (χ2v) is 7.89. The molecule has 1 aromatic carbocycles. The highest BCUT2D eigenvalue weighted by atomic mass is 16.2. The Morgan fingerprint density at radius 2 is 2.00 bits per heavy atom. The topological polar surface area (TPSA) is 61.4 Å². The maximum absolute atomic E-state index is 12.6. The molecule has 3 heterocycles. The summed E-state index contributed by atoms with van der Waals surface area (Å²) in [6.07, 6.45) is 5.33. The Morgan fingerprint density at radius 1 is 1.20 bits per heavy atom. The molecule has 2 saturated heterocycles. The number of amides is 2. The predicted molar refractivity (Wildman–Crippen MR) is 97.2 cm³/mol. The van der Waals surface area contributed by atoms with E-state index in [9.17, 15) is 9.59 Å². The minimum absolute atomic E-state index is 0.0566. The number of nitrogens with zero attached hydrogens (tertiary/aromatic N) is 1. The van der Waals surface area contributed by atoms with Gasteiger partial charge in [0.2, 0.25) is 11.8 Å². The van der Waals surface area contributed by atoms with Crippen LogP contribution in [0.4, 0.5) is 5.69 Å². The van der Waals surface area contributed by atoms with E-state index in [4.69, 9.17) is 0 Å². The van der Waals surface area contributed by atoms with Gasteiger partial charge in [0.1, 0.15) is 0 Å². The molecule has 0 aromatic heterocycles. The lowest BCUT2D eigenvalue weighted by atomic mass is 9.78. The van der Waals surface area contributed by atoms with Gasteiger partial charge < -0.3 is 15.5 Å². The van der Waals surface area contributed by atoms with Crippen LogP contribution in [-0.2, 0) is 16.0 Å². The largest absolute Gasteiger partial charge is 0.343 e. The molecule has 0 radical (unpaired) electrons. The second kappa shape index (κ2) is 6.79. The fraction of sp³-hybridized carbons (Fsp3) is 0.600. The summed E-state index contributed by atoms with van der Waals surface area (Å²) in [7, 11) is 0. The molecule has 5 nitrogen and oxygen atoms in total. The third-order valence-corrected chi connectivity index (χ3v) is 6.33. The number of hydrogen-bond donors (Lipinski definition) is 2. The molecule has 0 bridgehead atoms. The first-order valence-electron chi connectivity index (χ1n) is 9.53. The van der Waals surface area contributed by atoms with Crippen LogP contribution in [0.1, 0.15) is 37.7 Å². The van der Waals surface area contributed by atoms with Gasteiger partial charge in [-0.3, -0.25) is 9.59 Å². The van der Waals surface area contributed by atoms with Crippen LogP contribution >= 0.6 is 0 Å². The number of fused-ring (bicyclic) bond motifs is 1. The van der Waals surface area contributed by atoms with Gasteiger partial charge >= 0.3 is 0 Å². The van der Waals surface area contributed by atoms with Crippen LogP contribution in [0.5, 0.6) is 0 Å². The van der Waals surface area contributed by atoms with Crippen molar-refractivity contribution in [3.63, 3.8) is 0 Å². The highest BCUT2D eigenvalue weighted by Gasteiger charge is 2.38. The van der Waals surface area contributed by atoms with E-state index in [0.717, 1.165) is 51.1 Å². The maximum atomic E-state index is 12.6. The fourth-order valence-electron chi connectivity index (χ4n) is 4.55. The zero-order valence-corrected chi connectivity index (χ0v) is 14.7. The zero-order valence-electron chi connectivity index (χ0n) is 14.7. The molecule has 4 rings (SSSR count). The number of carbonyl (C=O) groups excluding carboxylic acids is 2. The van der Waals surface area contributed by atoms with E-state index in [-0.39, 0.29) is 17.7 Å². The number of carbonyl (C=O) groups is 2. The quantitative estimate of drug-likeness (QED) is 0.886. The molecule has 1 unspecified atom stereocenters. The number of benzene rings is 1. The number of likely N-dealkylation sites (tertiary alicyclic amines) is 1. The summed E-state index contributed by atoms with van der Waals surface area (Å²) in [5.74, 6) is 0.183. The molecular formula is C20H27N3O2. The molecule has 0 saturated carbocycles. The van der Waals surface area contributed by atoms with Crippen LogP contribution < -0.4 is 10.6 Å². The highest BCUT2D eigenvalue weighted by Crippen LogP contribution is 2.37. The second-order valence-electron chi connectivity index (χ2n) is 7.89. The Balaban J connectivity index is 1.28. The van der Waals surface area contributed by atoms with Crippen molar-refractivity contribution in [3.05, 3.63) is 29.8 Å². The lowest BCUT2D eigenvalue weighted by Crippen LogP contribution is -2.44. The van der Waals surface area contributed by atoms with Gasteiger partial charge in [-0.2, -0.15) is 0 Å². The Hall–Kier alpha value is -1.88. The Kier molecular flexibility index (Phi) is 4.50. The number of hydrogen-bond acceptors (Lipinski definition) is 3. The smallest absolute Gasteiger partial charge is 0.227 e. The monoisotopic (exact) mass is 341 g/mol. The minimum atomic E-state index is -0.0889. The molecule has 0 aliphatic carbocycles. The van der Waals surface area contributed by atoms with Crippen molar-refractivity contribution < 1.29 is 9.59 Å². The first-order chi connectivity index (χ1) is 12.2. The van der Waals surface area contributed by atoms with E-state index >= 15 is 0 Å². The van der Waals surface area contributed by atoms with Crippen LogP contribution in [0, 0.1) is 11.3 Å². The first kappa shape index (κ1) is 16.6. The fourth-order valence-corrected chi connectivity index (χ4v) is 4.55. The summed E-state index contributed by atoms with van der Waals surface area (Å²) < 4.78 is 0. The van der Waals surface area contributed by atoms with Crippen LogP contribution in [0.25, 0.3) is 0 Å². The molecule has 1 atom stereocenters. The lowest BCUT2D eigenvalue weighted by Gasteiger charge is -2.39. The van der Waals surface area contributed by atoms with E-state index in [0.29, 0.717) is 18.3 Å². The predicted octanol–water partition coefficient (Wildman–Crippen LogP) is 2.18. The van der Waals surface area contributed by atoms with Crippen LogP contribution in [0.2, 0.25) is 0 Å². The van der Waals surface area contributed by atoms with Gasteiger partial charge in [0.25, 0.3) is 0 Å². The summed E-state index contributed by atoms with van der Waals surface area (Å²) in [5.41, 5.74) is 2.53. The lowest BCUT2D eigenvalue weighted by molar-refractivity contribution is -0.133. The summed E-state index contributed by atoms with van der Waals surface area (Å²) in [6, 6.07) is 7.94. The van der Waals surface area contributed by atoms with Crippen molar-refractivity contribution >= 4 is 17.5 Å². The van der Waals surface area contributed by atoms with Crippen molar-refractivity contribution in [2.24, 2.45) is 11.3 Å². The Labute approximate surface area is 149 Å². The van der Waals surface area contributed by atoms with Gasteiger partial charge in [-0.05, 0) is 55.7 Å². The number of para-hydroxylation sites is 1. The summed E-state index contributed by atoms with van der Waals surface area (Å²) >= 11 is 0. The molecule has 5 heteroatoms. The third kappa shape index (κ3) is 3.43. The molecule has 25 heavy (non-hydrogen) atoms. The van der Waals surface area contributed by atoms with Gasteiger partial charge in [-0.25, -0.2) is 0 Å². The summed E-state index contributed by atoms with van der Waals surface area (Å²) in [4.78, 5) is 26.9. The highest BCUT2D eigenvalue weighted by molar-refractivity contribution is 5.96. The third-order valence-electron chi connectivity index (χ3n) is 6.33. The molecule has 1 aromatic rings. The normalized spacial score (nSPS) is 24.9. The van der Waals surface area contributed by atoms with Crippen molar-refractivity contribution in [2.45, 2.75) is 38.5 Å². The number of rotatable bonds is 3. The van der Waals surface area contributed by atoms with Gasteiger partial charge in [0.05, 0.1) is 0 Å². The Morgan fingerprint density at radius 3 is 2.76 bits per heavy atom. The van der Waals surface area contributed by atoms with E-state index < -0.39 is 0 Å². The molecule has 1 spiro atoms. The van der Waals surface area contributed by atoms with E-state index in [1.165, 1.54) is 12.0 Å². The SMILES string of the molecule is O=C1Nc2ccccc2CC1CCC(=O)N1CCC2(CCNC2)CC1. The van der Waals surface area contributed by atoms with Crippen molar-refractivity contribution in [2.75, 3.05) is 31.5 Å². The molecule has 134 valence electrons. The number of nitrogens with one attached hydrogen (secondary N) is 2. The zero-order chi connectivity index (χ0) is 17.3. The standard InChI is InChI=1S/C20H27N3O2/c24-18(23-11-8-20(9-12-23)7-10-21-14-20)6-5-16-13-15-3-1-2-4-17(15)22-19(16)25/h1-4,16,21H,5-14H2,(H,22,25). The van der Waals surface area contributed by atoms with Gasteiger partial charge in [0.15, 0.2) is 0 Å². The van der Waals surface area contributed by atoms with Crippen LogP contribution in [0.15, 0.2) is 24.3 Å². The van der Waals surface area contributed by atoms with Crippen molar-refractivity contribution in [3.8, 4) is 0 Å². The van der Waals surface area contributed by atoms with Gasteiger partial charge in [-0.1, -0.05) is 18.2 Å². The molecule has 3 aliphatic heterocycles. The molecule has 2 amide bonds. The van der Waals surface area contributed by atoms with Crippen molar-refractivity contribution in [1.29, 1.82) is 0 Å². The summed E-state index contributed by atoms with van der Waals surface area (Å²) in [5, 5.41) is 6.44. The molecule has 3 aliphatic rings. The molecule has 2 N–H and O–H groups in total. The van der Waals surface area contributed by atoms with E-state index in [2.05, 4.69) is 16.7 Å². The maximum Gasteiger partial charge on any atom is 0.227 e. The molecule has 2 fully saturated rings. The van der Waals surface area contributed by atoms with E-state index in [1.807, 2.05) is 23.1 Å². The van der Waals surface area contributed by atoms with Crippen LogP contribution in [-0.4, -0.2) is 42.9 Å². The number of anilines is 1. The van der Waals surface area contributed by atoms with Gasteiger partial charge in [0, 0.05) is 37.7 Å². The number of piperidine rings is 1. The average Bonchev–Trinajstić information content (AvgIpc) is 3.08. The molecular weight excluding hydrogens is 314 g/mol. The van der Waals surface area contributed by atoms with Gasteiger partial charge in [-0.15, -0.1) is 0 Å². The average molecular weight is 341 g/mol. The van der Waals surface area contributed by atoms with E-state index in [1.54, 1.807) is 0 Å². The Bertz CT molecular complexity index is 657. The summed E-state index contributed by atoms with van der Waals surface area (Å²) in [6.45, 7) is 3.98. The van der Waals surface area contributed by atoms with Crippen LogP contribution in [0.3, 0.4) is 0 Å².